The lowest BCUT2D eigenvalue weighted by Crippen LogP contribution is -2.50. The van der Waals surface area contributed by atoms with Crippen molar-refractivity contribution >= 4 is 12.0 Å². The monoisotopic (exact) mass is 255 g/mol. The van der Waals surface area contributed by atoms with Gasteiger partial charge in [-0.1, -0.05) is 13.3 Å². The number of ether oxygens (including phenoxy) is 1. The van der Waals surface area contributed by atoms with E-state index in [1.54, 1.807) is 13.8 Å². The van der Waals surface area contributed by atoms with Crippen LogP contribution in [0.4, 0.5) is 4.79 Å². The Morgan fingerprint density at radius 1 is 1.50 bits per heavy atom. The molecule has 0 aromatic rings. The largest absolute Gasteiger partial charge is 0.463 e. The van der Waals surface area contributed by atoms with Gasteiger partial charge in [0.2, 0.25) is 0 Å². The molecule has 1 unspecified atom stereocenters. The number of nitroso groups, excluding NO2 is 1. The van der Waals surface area contributed by atoms with E-state index in [0.29, 0.717) is 18.5 Å². The van der Waals surface area contributed by atoms with Crippen LogP contribution >= 0.6 is 0 Å². The molecule has 0 bridgehead atoms. The van der Waals surface area contributed by atoms with Gasteiger partial charge in [0, 0.05) is 5.70 Å². The van der Waals surface area contributed by atoms with E-state index in [-0.39, 0.29) is 12.2 Å². The lowest BCUT2D eigenvalue weighted by Gasteiger charge is -2.31. The normalized spacial score (nSPS) is 19.6. The van der Waals surface area contributed by atoms with E-state index >= 15 is 0 Å². The van der Waals surface area contributed by atoms with E-state index in [0.717, 1.165) is 5.01 Å². The van der Waals surface area contributed by atoms with E-state index in [4.69, 9.17) is 4.74 Å². The highest BCUT2D eigenvalue weighted by molar-refractivity contribution is 5.94. The molecular weight excluding hydrogens is 238 g/mol. The Bertz CT molecular complexity index is 392. The smallest absolute Gasteiger partial charge is 0.345 e. The predicted molar refractivity (Wildman–Crippen MR) is 64.2 cm³/mol. The van der Waals surface area contributed by atoms with Crippen molar-refractivity contribution in [3.05, 3.63) is 16.2 Å². The molecule has 0 aromatic carbocycles. The summed E-state index contributed by atoms with van der Waals surface area (Å²) in [5.74, 6) is -0.526. The summed E-state index contributed by atoms with van der Waals surface area (Å²) in [6.45, 7) is 5.43. The summed E-state index contributed by atoms with van der Waals surface area (Å²) >= 11 is 0. The molecule has 0 saturated carbocycles. The fourth-order valence-corrected chi connectivity index (χ4v) is 1.93. The first-order valence-corrected chi connectivity index (χ1v) is 5.88. The summed E-state index contributed by atoms with van der Waals surface area (Å²) in [5.41, 5.74) is 0.703. The summed E-state index contributed by atoms with van der Waals surface area (Å²) in [7, 11) is 0. The Morgan fingerprint density at radius 3 is 2.67 bits per heavy atom. The quantitative estimate of drug-likeness (QED) is 0.598. The average molecular weight is 255 g/mol. The number of urea groups is 1. The molecule has 2 amide bonds. The first-order valence-electron chi connectivity index (χ1n) is 5.88. The van der Waals surface area contributed by atoms with Crippen LogP contribution in [-0.4, -0.2) is 29.7 Å². The summed E-state index contributed by atoms with van der Waals surface area (Å²) in [5, 5.41) is 5.87. The maximum Gasteiger partial charge on any atom is 0.345 e. The molecule has 1 N–H and O–H groups in total. The van der Waals surface area contributed by atoms with Gasteiger partial charge in [0.15, 0.2) is 0 Å². The number of carbonyl (C=O) groups is 2. The Labute approximate surface area is 105 Å². The van der Waals surface area contributed by atoms with E-state index in [1.165, 1.54) is 0 Å². The molecule has 7 heteroatoms. The molecule has 0 fully saturated rings. The van der Waals surface area contributed by atoms with Crippen molar-refractivity contribution in [1.82, 2.24) is 10.3 Å². The van der Waals surface area contributed by atoms with Crippen molar-refractivity contribution in [3.8, 4) is 0 Å². The molecule has 7 nitrogen and oxygen atoms in total. The van der Waals surface area contributed by atoms with Gasteiger partial charge < -0.3 is 10.1 Å². The molecule has 1 aliphatic rings. The number of allylic oxidation sites excluding steroid dienone is 1. The zero-order valence-corrected chi connectivity index (χ0v) is 10.7. The molecule has 100 valence electrons. The van der Waals surface area contributed by atoms with Gasteiger partial charge in [-0.3, -0.25) is 0 Å². The second-order valence-corrected chi connectivity index (χ2v) is 3.92. The van der Waals surface area contributed by atoms with Crippen molar-refractivity contribution in [2.45, 2.75) is 39.7 Å². The second-order valence-electron chi connectivity index (χ2n) is 3.92. The number of nitrogens with one attached hydrogen (secondary N) is 1. The fraction of sp³-hybridized carbons (Fsp3) is 0.636. The molecule has 0 saturated heterocycles. The standard InChI is InChI=1S/C11H17N3O4/c1-4-6-8-9(10(15)18-5-2)7(3)12-11(16)14(8)13-17/h8H,4-6H2,1-3H3,(H,12,16). The van der Waals surface area contributed by atoms with Crippen molar-refractivity contribution in [2.24, 2.45) is 5.29 Å². The van der Waals surface area contributed by atoms with Crippen LogP contribution in [0.5, 0.6) is 0 Å². The summed E-state index contributed by atoms with van der Waals surface area (Å²) in [6.07, 6.45) is 1.19. The zero-order chi connectivity index (χ0) is 13.7. The fourth-order valence-electron chi connectivity index (χ4n) is 1.93. The number of esters is 1. The van der Waals surface area contributed by atoms with Gasteiger partial charge in [-0.05, 0) is 20.3 Å². The molecule has 1 aliphatic heterocycles. The maximum absolute atomic E-state index is 11.9. The van der Waals surface area contributed by atoms with Gasteiger partial charge in [0.05, 0.1) is 23.5 Å². The third-order valence-corrected chi connectivity index (χ3v) is 2.68. The van der Waals surface area contributed by atoms with Gasteiger partial charge in [0.1, 0.15) is 0 Å². The summed E-state index contributed by atoms with van der Waals surface area (Å²) < 4.78 is 4.94. The van der Waals surface area contributed by atoms with Crippen LogP contribution in [-0.2, 0) is 9.53 Å². The van der Waals surface area contributed by atoms with Crippen LogP contribution in [0.3, 0.4) is 0 Å². The van der Waals surface area contributed by atoms with Crippen molar-refractivity contribution in [2.75, 3.05) is 6.61 Å². The Morgan fingerprint density at radius 2 is 2.17 bits per heavy atom. The number of rotatable bonds is 5. The number of hydrogen-bond donors (Lipinski definition) is 1. The minimum Gasteiger partial charge on any atom is -0.463 e. The van der Waals surface area contributed by atoms with Crippen LogP contribution in [0.1, 0.15) is 33.6 Å². The molecule has 1 rings (SSSR count). The van der Waals surface area contributed by atoms with E-state index in [2.05, 4.69) is 10.6 Å². The predicted octanol–water partition coefficient (Wildman–Crippen LogP) is 1.70. The topological polar surface area (TPSA) is 88.1 Å². The van der Waals surface area contributed by atoms with Crippen molar-refractivity contribution in [1.29, 1.82) is 0 Å². The van der Waals surface area contributed by atoms with Gasteiger partial charge >= 0.3 is 12.0 Å². The highest BCUT2D eigenvalue weighted by atomic mass is 16.5. The molecule has 0 radical (unpaired) electrons. The van der Waals surface area contributed by atoms with Crippen molar-refractivity contribution in [3.63, 3.8) is 0 Å². The van der Waals surface area contributed by atoms with Crippen LogP contribution in [0.2, 0.25) is 0 Å². The first kappa shape index (κ1) is 14.1. The van der Waals surface area contributed by atoms with Gasteiger partial charge in [-0.2, -0.15) is 5.01 Å². The van der Waals surface area contributed by atoms with Crippen LogP contribution in [0, 0.1) is 4.91 Å². The molecule has 18 heavy (non-hydrogen) atoms. The van der Waals surface area contributed by atoms with Gasteiger partial charge in [-0.25, -0.2) is 9.59 Å². The number of hydrogen-bond acceptors (Lipinski definition) is 5. The van der Waals surface area contributed by atoms with E-state index in [9.17, 15) is 14.5 Å². The zero-order valence-electron chi connectivity index (χ0n) is 10.7. The lowest BCUT2D eigenvalue weighted by atomic mass is 9.98. The highest BCUT2D eigenvalue weighted by Gasteiger charge is 2.37. The molecule has 0 aliphatic carbocycles. The molecule has 0 aromatic heterocycles. The van der Waals surface area contributed by atoms with Gasteiger partial charge in [-0.15, -0.1) is 4.91 Å². The highest BCUT2D eigenvalue weighted by Crippen LogP contribution is 2.24. The molecule has 1 atom stereocenters. The first-order chi connectivity index (χ1) is 8.56. The Kier molecular flexibility index (Phi) is 4.82. The summed E-state index contributed by atoms with van der Waals surface area (Å²) in [6, 6.07) is -1.27. The van der Waals surface area contributed by atoms with Crippen LogP contribution < -0.4 is 5.32 Å². The molecule has 0 spiro atoms. The molecule has 1 heterocycles. The Balaban J connectivity index is 3.13. The third kappa shape index (κ3) is 2.66. The van der Waals surface area contributed by atoms with Crippen molar-refractivity contribution < 1.29 is 14.3 Å². The SMILES string of the molecule is CCCC1C(C(=O)OCC)=C(C)NC(=O)N1N=O. The average Bonchev–Trinajstić information content (AvgIpc) is 2.29. The Hall–Kier alpha value is -1.92. The number of carbonyl (C=O) groups excluding carboxylic acids is 2. The lowest BCUT2D eigenvalue weighted by molar-refractivity contribution is -0.139. The van der Waals surface area contributed by atoms with E-state index in [1.807, 2.05) is 6.92 Å². The third-order valence-electron chi connectivity index (χ3n) is 2.68. The summed E-state index contributed by atoms with van der Waals surface area (Å²) in [4.78, 5) is 34.2. The number of amides is 2. The minimum atomic E-state index is -0.653. The van der Waals surface area contributed by atoms with Gasteiger partial charge in [0.25, 0.3) is 0 Å². The number of nitrogens with zero attached hydrogens (tertiary/aromatic N) is 2. The minimum absolute atomic E-state index is 0.233. The van der Waals surface area contributed by atoms with E-state index < -0.39 is 18.0 Å². The molecular formula is C11H17N3O4. The van der Waals surface area contributed by atoms with Crippen LogP contribution in [0.15, 0.2) is 16.6 Å². The maximum atomic E-state index is 11.9. The van der Waals surface area contributed by atoms with Crippen LogP contribution in [0.25, 0.3) is 0 Å². The second kappa shape index (κ2) is 6.13.